The molecule has 0 bridgehead atoms. The highest BCUT2D eigenvalue weighted by Crippen LogP contribution is 2.09. The summed E-state index contributed by atoms with van der Waals surface area (Å²) in [6.45, 7) is 3.94. The van der Waals surface area contributed by atoms with Gasteiger partial charge < -0.3 is 0 Å². The van der Waals surface area contributed by atoms with Crippen molar-refractivity contribution in [2.24, 2.45) is 0 Å². The molecule has 0 radical (unpaired) electrons. The minimum atomic E-state index is -0.413. The van der Waals surface area contributed by atoms with E-state index >= 15 is 0 Å². The van der Waals surface area contributed by atoms with Crippen LogP contribution < -0.4 is 10.9 Å². The average molecular weight is 315 g/mol. The first kappa shape index (κ1) is 15.9. The van der Waals surface area contributed by atoms with Gasteiger partial charge in [-0.05, 0) is 37.1 Å². The molecule has 2 amide bonds. The third-order valence-corrected chi connectivity index (χ3v) is 3.76. The van der Waals surface area contributed by atoms with Crippen LogP contribution in [0.15, 0.2) is 35.7 Å². The number of aryl methyl sites for hydroxylation is 2. The smallest absolute Gasteiger partial charge is 0.268 e. The van der Waals surface area contributed by atoms with Crippen LogP contribution in [-0.2, 0) is 11.2 Å². The van der Waals surface area contributed by atoms with Gasteiger partial charge in [-0.15, -0.1) is 11.3 Å². The minimum Gasteiger partial charge on any atom is -0.268 e. The van der Waals surface area contributed by atoms with Gasteiger partial charge in [0.25, 0.3) is 11.8 Å². The Balaban J connectivity index is 1.84. The van der Waals surface area contributed by atoms with Gasteiger partial charge in [-0.2, -0.15) is 0 Å². The summed E-state index contributed by atoms with van der Waals surface area (Å²) in [5.41, 5.74) is 7.08. The Morgan fingerprint density at radius 3 is 2.55 bits per heavy atom. The van der Waals surface area contributed by atoms with Crippen molar-refractivity contribution in [2.45, 2.75) is 20.3 Å². The van der Waals surface area contributed by atoms with E-state index in [1.165, 1.54) is 17.4 Å². The number of carbonyl (C=O) groups is 2. The summed E-state index contributed by atoms with van der Waals surface area (Å²) in [5, 5.41) is 2.79. The Morgan fingerprint density at radius 1 is 1.23 bits per heavy atom. The lowest BCUT2D eigenvalue weighted by atomic mass is 10.1. The van der Waals surface area contributed by atoms with E-state index in [1.807, 2.05) is 31.4 Å². The van der Waals surface area contributed by atoms with Gasteiger partial charge in [-0.25, -0.2) is 4.98 Å². The van der Waals surface area contributed by atoms with E-state index < -0.39 is 5.91 Å². The minimum absolute atomic E-state index is 0.353. The topological polar surface area (TPSA) is 71.1 Å². The van der Waals surface area contributed by atoms with Crippen LogP contribution in [0.1, 0.15) is 33.5 Å². The maximum atomic E-state index is 11.9. The second-order valence-corrected chi connectivity index (χ2v) is 5.68. The van der Waals surface area contributed by atoms with Crippen molar-refractivity contribution in [3.05, 3.63) is 57.6 Å². The molecule has 1 heterocycles. The predicted octanol–water partition coefficient (Wildman–Crippen LogP) is 2.49. The van der Waals surface area contributed by atoms with E-state index in [9.17, 15) is 9.59 Å². The molecule has 0 aliphatic heterocycles. The molecule has 1 aromatic carbocycles. The van der Waals surface area contributed by atoms with Gasteiger partial charge in [0, 0.05) is 17.0 Å². The lowest BCUT2D eigenvalue weighted by molar-refractivity contribution is -0.117. The number of carbonyl (C=O) groups excluding carboxylic acids is 2. The first-order valence-corrected chi connectivity index (χ1v) is 7.76. The number of hydrogen-bond donors (Lipinski definition) is 2. The summed E-state index contributed by atoms with van der Waals surface area (Å²) in [4.78, 5) is 27.7. The summed E-state index contributed by atoms with van der Waals surface area (Å²) >= 11 is 1.51. The normalized spacial score (nSPS) is 10.6. The molecule has 2 N–H and O–H groups in total. The summed E-state index contributed by atoms with van der Waals surface area (Å²) in [6.07, 6.45) is 3.84. The van der Waals surface area contributed by atoms with Crippen molar-refractivity contribution in [1.82, 2.24) is 15.8 Å². The second kappa shape index (κ2) is 7.51. The molecule has 6 heteroatoms. The number of thiazole rings is 1. The highest BCUT2D eigenvalue weighted by Gasteiger charge is 2.05. The monoisotopic (exact) mass is 315 g/mol. The van der Waals surface area contributed by atoms with E-state index in [-0.39, 0.29) is 5.91 Å². The number of hydrazine groups is 1. The molecule has 0 aliphatic carbocycles. The van der Waals surface area contributed by atoms with Gasteiger partial charge in [0.15, 0.2) is 0 Å². The second-order valence-electron chi connectivity index (χ2n) is 4.62. The van der Waals surface area contributed by atoms with E-state index in [2.05, 4.69) is 15.8 Å². The number of aromatic nitrogens is 1. The summed E-state index contributed by atoms with van der Waals surface area (Å²) < 4.78 is 0. The van der Waals surface area contributed by atoms with Gasteiger partial charge in [-0.3, -0.25) is 20.4 Å². The quantitative estimate of drug-likeness (QED) is 0.672. The van der Waals surface area contributed by atoms with Crippen LogP contribution in [0, 0.1) is 6.92 Å². The zero-order valence-electron chi connectivity index (χ0n) is 12.4. The first-order chi connectivity index (χ1) is 10.6. The van der Waals surface area contributed by atoms with Gasteiger partial charge in [0.05, 0.1) is 10.7 Å². The Labute approximate surface area is 133 Å². The lowest BCUT2D eigenvalue weighted by Crippen LogP contribution is -2.40. The molecule has 0 fully saturated rings. The van der Waals surface area contributed by atoms with Crippen molar-refractivity contribution >= 4 is 29.2 Å². The first-order valence-electron chi connectivity index (χ1n) is 6.88. The molecule has 5 nitrogen and oxygen atoms in total. The molecule has 0 saturated heterocycles. The zero-order valence-corrected chi connectivity index (χ0v) is 13.2. The molecule has 2 rings (SSSR count). The number of hydrogen-bond acceptors (Lipinski definition) is 4. The number of nitrogens with one attached hydrogen (secondary N) is 2. The predicted molar refractivity (Wildman–Crippen MR) is 87.3 cm³/mol. The Kier molecular flexibility index (Phi) is 5.43. The maximum Gasteiger partial charge on any atom is 0.269 e. The van der Waals surface area contributed by atoms with E-state index in [0.717, 1.165) is 22.7 Å². The molecule has 0 unspecified atom stereocenters. The largest absolute Gasteiger partial charge is 0.269 e. The summed E-state index contributed by atoms with van der Waals surface area (Å²) in [7, 11) is 0. The SMILES string of the molecule is CCc1ccc(C(=O)NNC(=O)/C=C/c2csc(C)n2)cc1. The molecule has 22 heavy (non-hydrogen) atoms. The van der Waals surface area contributed by atoms with Crippen LogP contribution in [0.5, 0.6) is 0 Å². The molecule has 1 aromatic heterocycles. The van der Waals surface area contributed by atoms with Crippen molar-refractivity contribution in [2.75, 3.05) is 0 Å². The molecule has 114 valence electrons. The summed E-state index contributed by atoms with van der Waals surface area (Å²) in [5.74, 6) is -0.766. The molecular formula is C16H17N3O2S. The Hall–Kier alpha value is -2.47. The molecule has 0 saturated carbocycles. The summed E-state index contributed by atoms with van der Waals surface area (Å²) in [6, 6.07) is 7.24. The van der Waals surface area contributed by atoms with Gasteiger partial charge >= 0.3 is 0 Å². The Bertz CT molecular complexity index is 690. The zero-order chi connectivity index (χ0) is 15.9. The van der Waals surface area contributed by atoms with Crippen LogP contribution in [-0.4, -0.2) is 16.8 Å². The molecule has 0 atom stereocenters. The van der Waals surface area contributed by atoms with Crippen LogP contribution >= 0.6 is 11.3 Å². The fraction of sp³-hybridized carbons (Fsp3) is 0.188. The van der Waals surface area contributed by atoms with Crippen LogP contribution in [0.25, 0.3) is 6.08 Å². The highest BCUT2D eigenvalue weighted by atomic mass is 32.1. The van der Waals surface area contributed by atoms with Crippen LogP contribution in [0.2, 0.25) is 0 Å². The van der Waals surface area contributed by atoms with Crippen molar-refractivity contribution in [3.63, 3.8) is 0 Å². The van der Waals surface area contributed by atoms with Gasteiger partial charge in [0.2, 0.25) is 0 Å². The van der Waals surface area contributed by atoms with Crippen LogP contribution in [0.3, 0.4) is 0 Å². The van der Waals surface area contributed by atoms with Crippen molar-refractivity contribution < 1.29 is 9.59 Å². The van der Waals surface area contributed by atoms with Crippen molar-refractivity contribution in [1.29, 1.82) is 0 Å². The number of benzene rings is 1. The van der Waals surface area contributed by atoms with E-state index in [4.69, 9.17) is 0 Å². The van der Waals surface area contributed by atoms with Gasteiger partial charge in [0.1, 0.15) is 0 Å². The highest BCUT2D eigenvalue weighted by molar-refractivity contribution is 7.09. The lowest BCUT2D eigenvalue weighted by Gasteiger charge is -2.05. The molecule has 0 spiro atoms. The number of rotatable bonds is 4. The van der Waals surface area contributed by atoms with Crippen molar-refractivity contribution in [3.8, 4) is 0 Å². The molecule has 2 aromatic rings. The fourth-order valence-corrected chi connectivity index (χ4v) is 2.32. The van der Waals surface area contributed by atoms with E-state index in [0.29, 0.717) is 5.56 Å². The molecular weight excluding hydrogens is 298 g/mol. The number of amides is 2. The maximum absolute atomic E-state index is 11.9. The fourth-order valence-electron chi connectivity index (χ4n) is 1.74. The third kappa shape index (κ3) is 4.53. The number of nitrogens with zero attached hydrogens (tertiary/aromatic N) is 1. The third-order valence-electron chi connectivity index (χ3n) is 2.97. The standard InChI is InChI=1S/C16H17N3O2S/c1-3-12-4-6-13(7-5-12)16(21)19-18-15(20)9-8-14-10-22-11(2)17-14/h4-10H,3H2,1-2H3,(H,18,20)(H,19,21)/b9-8+. The molecule has 0 aliphatic rings. The van der Waals surface area contributed by atoms with Crippen LogP contribution in [0.4, 0.5) is 0 Å². The van der Waals surface area contributed by atoms with E-state index in [1.54, 1.807) is 18.2 Å². The Morgan fingerprint density at radius 2 is 1.95 bits per heavy atom. The van der Waals surface area contributed by atoms with Gasteiger partial charge in [-0.1, -0.05) is 19.1 Å². The average Bonchev–Trinajstić information content (AvgIpc) is 2.96.